The summed E-state index contributed by atoms with van der Waals surface area (Å²) < 4.78 is 11.1. The van der Waals surface area contributed by atoms with E-state index in [0.717, 1.165) is 18.7 Å². The van der Waals surface area contributed by atoms with E-state index >= 15 is 0 Å². The van der Waals surface area contributed by atoms with Crippen molar-refractivity contribution in [2.45, 2.75) is 31.6 Å². The van der Waals surface area contributed by atoms with Crippen LogP contribution in [0.5, 0.6) is 0 Å². The van der Waals surface area contributed by atoms with Gasteiger partial charge in [0.1, 0.15) is 0 Å². The summed E-state index contributed by atoms with van der Waals surface area (Å²) in [7, 11) is 1.78. The van der Waals surface area contributed by atoms with Crippen LogP contribution < -0.4 is 0 Å². The molecule has 0 unspecified atom stereocenters. The van der Waals surface area contributed by atoms with Gasteiger partial charge in [0.05, 0.1) is 19.9 Å². The van der Waals surface area contributed by atoms with E-state index in [1.54, 1.807) is 14.2 Å². The van der Waals surface area contributed by atoms with Crippen molar-refractivity contribution in [2.24, 2.45) is 28.2 Å². The van der Waals surface area contributed by atoms with Gasteiger partial charge in [0.25, 0.3) is 0 Å². The van der Waals surface area contributed by atoms with E-state index in [1.165, 1.54) is 0 Å². The number of ketones is 1. The fourth-order valence-electron chi connectivity index (χ4n) is 5.89. The highest BCUT2D eigenvalue weighted by atomic mass is 28.3. The van der Waals surface area contributed by atoms with Crippen LogP contribution in [0.25, 0.3) is 0 Å². The van der Waals surface area contributed by atoms with Gasteiger partial charge in [-0.2, -0.15) is 0 Å². The molecule has 124 valence electrons. The van der Waals surface area contributed by atoms with Crippen LogP contribution in [-0.4, -0.2) is 40.3 Å². The molecule has 0 radical (unpaired) electrons. The first-order valence-corrected chi connectivity index (χ1v) is 12.1. The van der Waals surface area contributed by atoms with Crippen LogP contribution in [0.3, 0.4) is 0 Å². The third kappa shape index (κ3) is 1.61. The molecule has 4 nitrogen and oxygen atoms in total. The van der Waals surface area contributed by atoms with E-state index in [0.29, 0.717) is 28.9 Å². The summed E-state index contributed by atoms with van der Waals surface area (Å²) in [4.78, 5) is 18.1. The summed E-state index contributed by atoms with van der Waals surface area (Å²) in [6, 6.07) is 0. The van der Waals surface area contributed by atoms with Crippen LogP contribution >= 0.6 is 0 Å². The molecule has 4 rings (SSSR count). The molecule has 2 bridgehead atoms. The highest BCUT2D eigenvalue weighted by molar-refractivity contribution is 6.78. The highest BCUT2D eigenvalue weighted by Crippen LogP contribution is 2.70. The Morgan fingerprint density at radius 2 is 1.87 bits per heavy atom. The molecule has 0 saturated heterocycles. The van der Waals surface area contributed by atoms with Crippen molar-refractivity contribution < 1.29 is 14.3 Å². The van der Waals surface area contributed by atoms with Crippen molar-refractivity contribution in [1.29, 1.82) is 0 Å². The number of carbonyl (C=O) groups excluding carboxylic acids is 1. The maximum Gasteiger partial charge on any atom is 0.206 e. The topological polar surface area (TPSA) is 47.9 Å². The summed E-state index contributed by atoms with van der Waals surface area (Å²) in [6.07, 6.45) is 5.65. The second kappa shape index (κ2) is 4.59. The fraction of sp³-hybridized carbons (Fsp3) is 0.667. The maximum absolute atomic E-state index is 13.3. The molecule has 1 heterocycles. The minimum atomic E-state index is -1.41. The standard InChI is InChI=1S/C18H25NO3Si/c1-21-14-13(20)12-10-6-7-11(16(10)23(3,4)5)18(12)8-9-19-17(18)15(14)22-2/h6-7,10-12,16H,8-9H2,1-5H3/t10-,11-,12-,16-,18-/m1/s1. The molecule has 4 aliphatic rings. The molecule has 0 aromatic rings. The molecule has 3 aliphatic carbocycles. The summed E-state index contributed by atoms with van der Waals surface area (Å²) in [5, 5.41) is 0. The van der Waals surface area contributed by atoms with E-state index in [-0.39, 0.29) is 17.1 Å². The maximum atomic E-state index is 13.3. The lowest BCUT2D eigenvalue weighted by Gasteiger charge is -2.42. The average Bonchev–Trinajstić information content (AvgIpc) is 3.16. The van der Waals surface area contributed by atoms with Crippen LogP contribution in [0.2, 0.25) is 25.2 Å². The Bertz CT molecular complexity index is 672. The quantitative estimate of drug-likeness (QED) is 0.590. The molecule has 1 fully saturated rings. The minimum absolute atomic E-state index is 0.00988. The Morgan fingerprint density at radius 1 is 1.17 bits per heavy atom. The second-order valence-electron chi connectivity index (χ2n) is 8.31. The third-order valence-electron chi connectivity index (χ3n) is 6.45. The largest absolute Gasteiger partial charge is 0.491 e. The Morgan fingerprint density at radius 3 is 2.48 bits per heavy atom. The molecule has 23 heavy (non-hydrogen) atoms. The van der Waals surface area contributed by atoms with Gasteiger partial charge >= 0.3 is 0 Å². The van der Waals surface area contributed by atoms with Crippen molar-refractivity contribution in [3.63, 3.8) is 0 Å². The molecule has 0 amide bonds. The molecular weight excluding hydrogens is 306 g/mol. The van der Waals surface area contributed by atoms with Gasteiger partial charge in [-0.05, 0) is 23.8 Å². The number of methoxy groups -OCH3 is 2. The fourth-order valence-corrected chi connectivity index (χ4v) is 8.83. The lowest BCUT2D eigenvalue weighted by molar-refractivity contribution is -0.126. The van der Waals surface area contributed by atoms with E-state index in [4.69, 9.17) is 14.5 Å². The van der Waals surface area contributed by atoms with Crippen molar-refractivity contribution in [2.75, 3.05) is 20.8 Å². The molecule has 0 N–H and O–H groups in total. The first-order chi connectivity index (χ1) is 10.9. The first-order valence-electron chi connectivity index (χ1n) is 8.48. The second-order valence-corrected chi connectivity index (χ2v) is 13.7. The molecule has 1 spiro atoms. The van der Waals surface area contributed by atoms with Gasteiger partial charge in [-0.15, -0.1) is 0 Å². The first kappa shape index (κ1) is 15.2. The van der Waals surface area contributed by atoms with Crippen molar-refractivity contribution in [3.05, 3.63) is 23.7 Å². The SMILES string of the molecule is COC1=C(OC)C2=NCC[C@]23[C@@H]2C=C[C@@H]([C@H]2[Si](C)(C)C)[C@@H]3C1=O. The van der Waals surface area contributed by atoms with Gasteiger partial charge in [0.15, 0.2) is 5.76 Å². The molecule has 0 aromatic heterocycles. The molecular formula is C18H25NO3Si. The van der Waals surface area contributed by atoms with Gasteiger partial charge in [-0.25, -0.2) is 0 Å². The lowest BCUT2D eigenvalue weighted by Crippen LogP contribution is -2.49. The van der Waals surface area contributed by atoms with Gasteiger partial charge in [0.2, 0.25) is 11.5 Å². The lowest BCUT2D eigenvalue weighted by atomic mass is 9.60. The number of fused-ring (bicyclic) bond motifs is 3. The van der Waals surface area contributed by atoms with E-state index < -0.39 is 8.07 Å². The number of allylic oxidation sites excluding steroid dienone is 4. The number of carbonyl (C=O) groups is 1. The van der Waals surface area contributed by atoms with Crippen LogP contribution in [-0.2, 0) is 14.3 Å². The Balaban J connectivity index is 1.93. The Hall–Kier alpha value is -1.36. The molecule has 1 aliphatic heterocycles. The monoisotopic (exact) mass is 331 g/mol. The number of hydrogen-bond donors (Lipinski definition) is 0. The molecule has 5 heteroatoms. The highest BCUT2D eigenvalue weighted by Gasteiger charge is 2.71. The predicted octanol–water partition coefficient (Wildman–Crippen LogP) is 3.05. The molecule has 1 saturated carbocycles. The van der Waals surface area contributed by atoms with E-state index in [1.807, 2.05) is 0 Å². The van der Waals surface area contributed by atoms with Crippen LogP contribution in [0.15, 0.2) is 28.7 Å². The van der Waals surface area contributed by atoms with Crippen LogP contribution in [0.4, 0.5) is 0 Å². The minimum Gasteiger partial charge on any atom is -0.491 e. The van der Waals surface area contributed by atoms with Crippen LogP contribution in [0, 0.1) is 23.2 Å². The summed E-state index contributed by atoms with van der Waals surface area (Å²) >= 11 is 0. The van der Waals surface area contributed by atoms with Crippen LogP contribution in [0.1, 0.15) is 6.42 Å². The zero-order valence-corrected chi connectivity index (χ0v) is 15.6. The number of ether oxygens (including phenoxy) is 2. The zero-order chi connectivity index (χ0) is 16.6. The number of nitrogens with zero attached hydrogens (tertiary/aromatic N) is 1. The number of Topliss-reactive ketones (excluding diaryl/α,β-unsaturated/α-hetero) is 1. The van der Waals surface area contributed by atoms with Crippen molar-refractivity contribution in [1.82, 2.24) is 0 Å². The van der Waals surface area contributed by atoms with Crippen molar-refractivity contribution >= 4 is 19.6 Å². The summed E-state index contributed by atoms with van der Waals surface area (Å²) in [5.41, 5.74) is 1.46. The predicted molar refractivity (Wildman–Crippen MR) is 92.1 cm³/mol. The van der Waals surface area contributed by atoms with Crippen molar-refractivity contribution in [3.8, 4) is 0 Å². The number of rotatable bonds is 3. The molecule has 0 aromatic carbocycles. The third-order valence-corrected chi connectivity index (χ3v) is 9.19. The van der Waals surface area contributed by atoms with E-state index in [9.17, 15) is 4.79 Å². The Labute approximate surface area is 138 Å². The number of hydrogen-bond acceptors (Lipinski definition) is 4. The molecule has 5 atom stereocenters. The smallest absolute Gasteiger partial charge is 0.206 e. The summed E-state index contributed by atoms with van der Waals surface area (Å²) in [6.45, 7) is 8.07. The normalized spacial score (nSPS) is 41.1. The average molecular weight is 331 g/mol. The zero-order valence-electron chi connectivity index (χ0n) is 14.6. The van der Waals surface area contributed by atoms with Gasteiger partial charge in [-0.1, -0.05) is 31.8 Å². The summed E-state index contributed by atoms with van der Waals surface area (Å²) in [5.74, 6) is 1.85. The number of aliphatic imine (C=N–C) groups is 1. The Kier molecular flexibility index (Phi) is 3.03. The van der Waals surface area contributed by atoms with E-state index in [2.05, 4.69) is 31.8 Å². The van der Waals surface area contributed by atoms with Gasteiger partial charge in [-0.3, -0.25) is 9.79 Å². The van der Waals surface area contributed by atoms with Gasteiger partial charge in [0, 0.05) is 26.0 Å². The van der Waals surface area contributed by atoms with Gasteiger partial charge < -0.3 is 9.47 Å².